The van der Waals surface area contributed by atoms with Gasteiger partial charge in [0.25, 0.3) is 11.6 Å². The van der Waals surface area contributed by atoms with Crippen molar-refractivity contribution in [3.05, 3.63) is 58.8 Å². The maximum Gasteiger partial charge on any atom is 0.259 e. The molecule has 152 valence electrons. The van der Waals surface area contributed by atoms with Crippen LogP contribution in [0.4, 0.5) is 0 Å². The highest BCUT2D eigenvalue weighted by atomic mass is 16.5. The number of hydrogen-bond acceptors (Lipinski definition) is 6. The summed E-state index contributed by atoms with van der Waals surface area (Å²) in [5.74, 6) is 0.920. The van der Waals surface area contributed by atoms with Gasteiger partial charge in [-0.2, -0.15) is 0 Å². The minimum Gasteiger partial charge on any atom is -0.345 e. The maximum atomic E-state index is 13.2. The van der Waals surface area contributed by atoms with E-state index in [1.807, 2.05) is 51.1 Å². The van der Waals surface area contributed by atoms with Crippen molar-refractivity contribution in [1.82, 2.24) is 25.4 Å². The van der Waals surface area contributed by atoms with Crippen LogP contribution in [0.3, 0.4) is 0 Å². The van der Waals surface area contributed by atoms with E-state index >= 15 is 0 Å². The van der Waals surface area contributed by atoms with Crippen molar-refractivity contribution in [3.8, 4) is 0 Å². The van der Waals surface area contributed by atoms with Crippen molar-refractivity contribution in [3.63, 3.8) is 0 Å². The van der Waals surface area contributed by atoms with E-state index in [0.29, 0.717) is 28.4 Å². The molecule has 1 saturated carbocycles. The Bertz CT molecular complexity index is 1270. The van der Waals surface area contributed by atoms with Gasteiger partial charge in [-0.05, 0) is 37.8 Å². The number of aryl methyl sites for hydroxylation is 1. The van der Waals surface area contributed by atoms with Gasteiger partial charge in [0.1, 0.15) is 5.82 Å². The van der Waals surface area contributed by atoms with Gasteiger partial charge in [0.15, 0.2) is 0 Å². The van der Waals surface area contributed by atoms with Crippen LogP contribution >= 0.6 is 0 Å². The molecule has 0 atom stereocenters. The van der Waals surface area contributed by atoms with Crippen LogP contribution in [0.15, 0.2) is 34.9 Å². The van der Waals surface area contributed by atoms with E-state index in [1.165, 1.54) is 0 Å². The number of pyridine rings is 1. The Balaban J connectivity index is 1.48. The first-order valence-corrected chi connectivity index (χ1v) is 10.3. The fourth-order valence-electron chi connectivity index (χ4n) is 3.78. The second-order valence-corrected chi connectivity index (χ2v) is 8.20. The van der Waals surface area contributed by atoms with E-state index in [2.05, 4.69) is 25.4 Å². The summed E-state index contributed by atoms with van der Waals surface area (Å²) < 4.78 is 5.48. The highest BCUT2D eigenvalue weighted by Gasteiger charge is 2.29. The molecule has 30 heavy (non-hydrogen) atoms. The number of nitrogens with one attached hydrogen (secondary N) is 1. The van der Waals surface area contributed by atoms with Gasteiger partial charge < -0.3 is 9.84 Å². The molecule has 5 rings (SSSR count). The summed E-state index contributed by atoms with van der Waals surface area (Å²) >= 11 is 0. The molecule has 7 heteroatoms. The average Bonchev–Trinajstić information content (AvgIpc) is 3.50. The minimum atomic E-state index is -0.191. The van der Waals surface area contributed by atoms with Crippen LogP contribution in [0.1, 0.15) is 71.8 Å². The molecule has 0 saturated heterocycles. The van der Waals surface area contributed by atoms with Gasteiger partial charge in [-0.3, -0.25) is 4.79 Å². The van der Waals surface area contributed by atoms with Gasteiger partial charge in [-0.1, -0.05) is 37.2 Å². The molecule has 1 N–H and O–H groups in total. The number of amides is 1. The van der Waals surface area contributed by atoms with E-state index in [-0.39, 0.29) is 18.4 Å². The molecule has 0 radical (unpaired) electrons. The van der Waals surface area contributed by atoms with Crippen LogP contribution < -0.4 is 5.32 Å². The largest absolute Gasteiger partial charge is 0.345 e. The van der Waals surface area contributed by atoms with Crippen molar-refractivity contribution < 1.29 is 9.32 Å². The summed E-state index contributed by atoms with van der Waals surface area (Å²) in [5.41, 5.74) is 4.42. The first-order valence-electron chi connectivity index (χ1n) is 10.3. The average molecular weight is 401 g/mol. The molecule has 1 fully saturated rings. The van der Waals surface area contributed by atoms with Crippen molar-refractivity contribution >= 4 is 27.9 Å². The number of carbonyl (C=O) groups excluding carboxylic acids is 1. The third kappa shape index (κ3) is 3.30. The van der Waals surface area contributed by atoms with E-state index in [9.17, 15) is 4.79 Å². The van der Waals surface area contributed by atoms with Crippen molar-refractivity contribution in [2.45, 2.75) is 52.0 Å². The van der Waals surface area contributed by atoms with Crippen molar-refractivity contribution in [2.24, 2.45) is 0 Å². The summed E-state index contributed by atoms with van der Waals surface area (Å²) in [5, 5.41) is 8.88. The summed E-state index contributed by atoms with van der Waals surface area (Å²) in [6, 6.07) is 9.77. The quantitative estimate of drug-likeness (QED) is 0.532. The lowest BCUT2D eigenvalue weighted by Gasteiger charge is -2.10. The Kier molecular flexibility index (Phi) is 4.46. The standard InChI is InChI=1S/C23H23N5O2/c1-12(2)21-20-16(10-18(14-8-9-14)27-23(20)30-28-21)22(29)24-11-19-25-13(3)15-6-4-5-7-17(15)26-19/h4-7,10,12,14H,8-9,11H2,1-3H3,(H,24,29). The molecule has 3 aromatic heterocycles. The van der Waals surface area contributed by atoms with Crippen LogP contribution in [-0.2, 0) is 6.54 Å². The van der Waals surface area contributed by atoms with Gasteiger partial charge in [-0.25, -0.2) is 15.0 Å². The van der Waals surface area contributed by atoms with Gasteiger partial charge in [0.2, 0.25) is 0 Å². The fraction of sp³-hybridized carbons (Fsp3) is 0.348. The zero-order chi connectivity index (χ0) is 20.8. The van der Waals surface area contributed by atoms with E-state index in [0.717, 1.165) is 40.8 Å². The molecule has 4 aromatic rings. The molecule has 1 aliphatic carbocycles. The lowest BCUT2D eigenvalue weighted by atomic mass is 10.0. The lowest BCUT2D eigenvalue weighted by Crippen LogP contribution is -2.25. The predicted octanol–water partition coefficient (Wildman–Crippen LogP) is 4.41. The molecule has 3 heterocycles. The Morgan fingerprint density at radius 3 is 2.77 bits per heavy atom. The fourth-order valence-corrected chi connectivity index (χ4v) is 3.78. The van der Waals surface area contributed by atoms with E-state index in [4.69, 9.17) is 4.52 Å². The zero-order valence-corrected chi connectivity index (χ0v) is 17.3. The smallest absolute Gasteiger partial charge is 0.259 e. The first-order chi connectivity index (χ1) is 14.5. The number of rotatable bonds is 5. The van der Waals surface area contributed by atoms with Gasteiger partial charge in [0, 0.05) is 22.7 Å². The second-order valence-electron chi connectivity index (χ2n) is 8.20. The first kappa shape index (κ1) is 18.7. The van der Waals surface area contributed by atoms with Crippen LogP contribution in [0.25, 0.3) is 22.0 Å². The molecule has 0 unspecified atom stereocenters. The van der Waals surface area contributed by atoms with Crippen molar-refractivity contribution in [2.75, 3.05) is 0 Å². The molecule has 1 aliphatic rings. The zero-order valence-electron chi connectivity index (χ0n) is 17.3. The molecule has 0 spiro atoms. The summed E-state index contributed by atoms with van der Waals surface area (Å²) in [4.78, 5) is 26.9. The minimum absolute atomic E-state index is 0.123. The second kappa shape index (κ2) is 7.16. The number of benzene rings is 1. The summed E-state index contributed by atoms with van der Waals surface area (Å²) in [6.45, 7) is 6.25. The molecule has 1 amide bonds. The van der Waals surface area contributed by atoms with E-state index in [1.54, 1.807) is 0 Å². The third-order valence-corrected chi connectivity index (χ3v) is 5.53. The monoisotopic (exact) mass is 401 g/mol. The lowest BCUT2D eigenvalue weighted by molar-refractivity contribution is 0.0951. The molecular weight excluding hydrogens is 378 g/mol. The summed E-state index contributed by atoms with van der Waals surface area (Å²) in [7, 11) is 0. The molecule has 7 nitrogen and oxygen atoms in total. The van der Waals surface area contributed by atoms with E-state index < -0.39 is 0 Å². The normalized spacial score (nSPS) is 14.0. The number of carbonyl (C=O) groups is 1. The third-order valence-electron chi connectivity index (χ3n) is 5.53. The Labute approximate surface area is 173 Å². The van der Waals surface area contributed by atoms with Gasteiger partial charge in [-0.15, -0.1) is 0 Å². The summed E-state index contributed by atoms with van der Waals surface area (Å²) in [6.07, 6.45) is 2.18. The number of para-hydroxylation sites is 1. The number of fused-ring (bicyclic) bond motifs is 2. The highest BCUT2D eigenvalue weighted by Crippen LogP contribution is 2.41. The van der Waals surface area contributed by atoms with Gasteiger partial charge in [0.05, 0.1) is 28.7 Å². The maximum absolute atomic E-state index is 13.2. The Morgan fingerprint density at radius 1 is 1.20 bits per heavy atom. The van der Waals surface area contributed by atoms with Crippen LogP contribution in [0, 0.1) is 6.92 Å². The van der Waals surface area contributed by atoms with Crippen LogP contribution in [0.5, 0.6) is 0 Å². The molecule has 0 aliphatic heterocycles. The van der Waals surface area contributed by atoms with Crippen LogP contribution in [0.2, 0.25) is 0 Å². The molecular formula is C23H23N5O2. The Hall–Kier alpha value is -3.35. The highest BCUT2D eigenvalue weighted by molar-refractivity contribution is 6.06. The molecule has 0 bridgehead atoms. The van der Waals surface area contributed by atoms with Gasteiger partial charge >= 0.3 is 0 Å². The van der Waals surface area contributed by atoms with Crippen molar-refractivity contribution in [1.29, 1.82) is 0 Å². The number of hydrogen-bond donors (Lipinski definition) is 1. The molecule has 1 aromatic carbocycles. The predicted molar refractivity (Wildman–Crippen MR) is 113 cm³/mol. The number of aromatic nitrogens is 4. The number of nitrogens with zero attached hydrogens (tertiary/aromatic N) is 4. The Morgan fingerprint density at radius 2 is 2.00 bits per heavy atom. The topological polar surface area (TPSA) is 93.8 Å². The van der Waals surface area contributed by atoms with Crippen LogP contribution in [-0.4, -0.2) is 26.0 Å². The SMILES string of the molecule is Cc1nc(CNC(=O)c2cc(C3CC3)nc3onc(C(C)C)c23)nc2ccccc12.